The normalized spacial score (nSPS) is 14.5. The first-order valence-electron chi connectivity index (χ1n) is 7.10. The maximum atomic E-state index is 12.8. The fraction of sp³-hybridized carbons (Fsp3) is 0.312. The summed E-state index contributed by atoms with van der Waals surface area (Å²) >= 11 is 0. The van der Waals surface area contributed by atoms with Crippen LogP contribution in [0.2, 0.25) is 0 Å². The van der Waals surface area contributed by atoms with Crippen LogP contribution < -0.4 is 10.1 Å². The zero-order valence-electron chi connectivity index (χ0n) is 12.2. The van der Waals surface area contributed by atoms with Gasteiger partial charge in [-0.3, -0.25) is 9.78 Å². The second-order valence-corrected chi connectivity index (χ2v) is 5.30. The van der Waals surface area contributed by atoms with Gasteiger partial charge in [0.05, 0.1) is 12.6 Å². The summed E-state index contributed by atoms with van der Waals surface area (Å²) in [7, 11) is 0. The second-order valence-electron chi connectivity index (χ2n) is 5.30. The van der Waals surface area contributed by atoms with E-state index in [1.165, 1.54) is 12.1 Å². The van der Waals surface area contributed by atoms with Gasteiger partial charge in [-0.2, -0.15) is 0 Å². The lowest BCUT2D eigenvalue weighted by Gasteiger charge is -2.28. The molecule has 0 radical (unpaired) electrons. The highest BCUT2D eigenvalue weighted by Gasteiger charge is 2.19. The lowest BCUT2D eigenvalue weighted by molar-refractivity contribution is 0.0984. The Labute approximate surface area is 127 Å². The molecule has 3 heterocycles. The lowest BCUT2D eigenvalue weighted by Crippen LogP contribution is -2.50. The van der Waals surface area contributed by atoms with Gasteiger partial charge in [-0.25, -0.2) is 9.37 Å². The third-order valence-corrected chi connectivity index (χ3v) is 3.39. The minimum atomic E-state index is -0.422. The van der Waals surface area contributed by atoms with Gasteiger partial charge in [0.1, 0.15) is 23.4 Å². The zero-order chi connectivity index (χ0) is 15.5. The van der Waals surface area contributed by atoms with E-state index in [0.29, 0.717) is 17.1 Å². The molecule has 22 heavy (non-hydrogen) atoms. The highest BCUT2D eigenvalue weighted by Crippen LogP contribution is 2.18. The van der Waals surface area contributed by atoms with E-state index in [1.807, 2.05) is 13.0 Å². The predicted molar refractivity (Wildman–Crippen MR) is 78.5 cm³/mol. The molecule has 114 valence electrons. The number of aromatic nitrogens is 2. The Morgan fingerprint density at radius 2 is 2.23 bits per heavy atom. The average molecular weight is 301 g/mol. The quantitative estimate of drug-likeness (QED) is 0.852. The summed E-state index contributed by atoms with van der Waals surface area (Å²) in [5, 5.41) is 3.12. The number of pyridine rings is 2. The first-order valence-corrected chi connectivity index (χ1v) is 7.10. The Hall–Kier alpha value is -2.34. The topological polar surface area (TPSA) is 64.1 Å². The number of ketones is 1. The van der Waals surface area contributed by atoms with Crippen LogP contribution in [-0.4, -0.2) is 34.9 Å². The van der Waals surface area contributed by atoms with Crippen LogP contribution >= 0.6 is 0 Å². The predicted octanol–water partition coefficient (Wildman–Crippen LogP) is 1.70. The van der Waals surface area contributed by atoms with E-state index in [4.69, 9.17) is 4.74 Å². The molecule has 0 bridgehead atoms. The molecule has 0 aromatic carbocycles. The third-order valence-electron chi connectivity index (χ3n) is 3.39. The summed E-state index contributed by atoms with van der Waals surface area (Å²) in [4.78, 5) is 20.5. The van der Waals surface area contributed by atoms with Crippen LogP contribution in [0.3, 0.4) is 0 Å². The zero-order valence-corrected chi connectivity index (χ0v) is 12.2. The van der Waals surface area contributed by atoms with Crippen molar-refractivity contribution in [2.24, 2.45) is 0 Å². The molecular formula is C16H16FN3O2. The van der Waals surface area contributed by atoms with Crippen molar-refractivity contribution in [3.05, 3.63) is 53.4 Å². The van der Waals surface area contributed by atoms with E-state index < -0.39 is 5.82 Å². The van der Waals surface area contributed by atoms with Crippen LogP contribution in [0.4, 0.5) is 4.39 Å². The molecule has 2 aromatic heterocycles. The number of aryl methyl sites for hydroxylation is 1. The standard InChI is InChI=1S/C16H16FN3O2/c1-10-4-13(22-14-8-18-9-14)6-15(20-10)16(21)5-12-3-2-11(17)7-19-12/h2-4,6-7,14,18H,5,8-9H2,1H3. The SMILES string of the molecule is Cc1cc(OC2CNC2)cc(C(=O)Cc2ccc(F)cn2)n1. The molecule has 0 amide bonds. The maximum Gasteiger partial charge on any atom is 0.187 e. The fourth-order valence-corrected chi connectivity index (χ4v) is 2.15. The molecule has 1 fully saturated rings. The number of hydrogen-bond acceptors (Lipinski definition) is 5. The molecule has 1 aliphatic heterocycles. The van der Waals surface area contributed by atoms with Crippen molar-refractivity contribution in [2.75, 3.05) is 13.1 Å². The van der Waals surface area contributed by atoms with Crippen molar-refractivity contribution < 1.29 is 13.9 Å². The number of rotatable bonds is 5. The van der Waals surface area contributed by atoms with Crippen molar-refractivity contribution in [3.63, 3.8) is 0 Å². The molecule has 1 aliphatic rings. The van der Waals surface area contributed by atoms with Gasteiger partial charge in [0.15, 0.2) is 5.78 Å². The molecule has 0 atom stereocenters. The number of carbonyl (C=O) groups excluding carboxylic acids is 1. The average Bonchev–Trinajstić information content (AvgIpc) is 2.45. The molecule has 5 nitrogen and oxygen atoms in total. The monoisotopic (exact) mass is 301 g/mol. The highest BCUT2D eigenvalue weighted by atomic mass is 19.1. The van der Waals surface area contributed by atoms with Gasteiger partial charge in [0.2, 0.25) is 0 Å². The minimum Gasteiger partial charge on any atom is -0.488 e. The Balaban J connectivity index is 1.74. The van der Waals surface area contributed by atoms with Crippen molar-refractivity contribution in [1.82, 2.24) is 15.3 Å². The second kappa shape index (κ2) is 6.19. The van der Waals surface area contributed by atoms with Gasteiger partial charge < -0.3 is 10.1 Å². The van der Waals surface area contributed by atoms with Crippen molar-refractivity contribution in [1.29, 1.82) is 0 Å². The fourth-order valence-electron chi connectivity index (χ4n) is 2.15. The van der Waals surface area contributed by atoms with E-state index in [9.17, 15) is 9.18 Å². The van der Waals surface area contributed by atoms with Crippen LogP contribution in [0.15, 0.2) is 30.5 Å². The Bertz CT molecular complexity index is 684. The van der Waals surface area contributed by atoms with Crippen molar-refractivity contribution >= 4 is 5.78 Å². The molecule has 6 heteroatoms. The maximum absolute atomic E-state index is 12.8. The summed E-state index contributed by atoms with van der Waals surface area (Å²) in [5.74, 6) is 0.0588. The molecule has 3 rings (SSSR count). The smallest absolute Gasteiger partial charge is 0.187 e. The van der Waals surface area contributed by atoms with E-state index >= 15 is 0 Å². The van der Waals surface area contributed by atoms with Gasteiger partial charge in [0, 0.05) is 36.6 Å². The Morgan fingerprint density at radius 1 is 1.41 bits per heavy atom. The lowest BCUT2D eigenvalue weighted by atomic mass is 10.1. The summed E-state index contributed by atoms with van der Waals surface area (Å²) in [6.45, 7) is 3.44. The molecule has 2 aromatic rings. The van der Waals surface area contributed by atoms with E-state index in [-0.39, 0.29) is 18.3 Å². The summed E-state index contributed by atoms with van der Waals surface area (Å²) in [6, 6.07) is 6.25. The summed E-state index contributed by atoms with van der Waals surface area (Å²) in [5.41, 5.74) is 1.58. The molecule has 1 N–H and O–H groups in total. The molecule has 0 spiro atoms. The Kier molecular flexibility index (Phi) is 4.11. The molecule has 0 unspecified atom stereocenters. The summed E-state index contributed by atoms with van der Waals surface area (Å²) in [6.07, 6.45) is 1.33. The number of nitrogens with zero attached hydrogens (tertiary/aromatic N) is 2. The number of Topliss-reactive ketones (excluding diaryl/α,β-unsaturated/α-hetero) is 1. The van der Waals surface area contributed by atoms with Crippen LogP contribution in [0.25, 0.3) is 0 Å². The molecule has 0 aliphatic carbocycles. The Morgan fingerprint density at radius 3 is 2.86 bits per heavy atom. The number of carbonyl (C=O) groups is 1. The summed E-state index contributed by atoms with van der Waals surface area (Å²) < 4.78 is 18.6. The van der Waals surface area contributed by atoms with E-state index in [2.05, 4.69) is 15.3 Å². The number of ether oxygens (including phenoxy) is 1. The number of halogens is 1. The first-order chi connectivity index (χ1) is 10.6. The number of hydrogen-bond donors (Lipinski definition) is 1. The first kappa shape index (κ1) is 14.6. The van der Waals surface area contributed by atoms with Gasteiger partial charge in [-0.1, -0.05) is 0 Å². The molecule has 1 saturated heterocycles. The van der Waals surface area contributed by atoms with Gasteiger partial charge in [-0.05, 0) is 19.1 Å². The van der Waals surface area contributed by atoms with Crippen LogP contribution in [0, 0.1) is 12.7 Å². The molecule has 0 saturated carbocycles. The highest BCUT2D eigenvalue weighted by molar-refractivity contribution is 5.95. The van der Waals surface area contributed by atoms with E-state index in [0.717, 1.165) is 25.0 Å². The molecular weight excluding hydrogens is 285 g/mol. The van der Waals surface area contributed by atoms with Gasteiger partial charge in [-0.15, -0.1) is 0 Å². The van der Waals surface area contributed by atoms with Gasteiger partial charge >= 0.3 is 0 Å². The van der Waals surface area contributed by atoms with Crippen LogP contribution in [0.5, 0.6) is 5.75 Å². The largest absolute Gasteiger partial charge is 0.488 e. The van der Waals surface area contributed by atoms with Crippen molar-refractivity contribution in [2.45, 2.75) is 19.4 Å². The minimum absolute atomic E-state index is 0.0845. The van der Waals surface area contributed by atoms with Crippen molar-refractivity contribution in [3.8, 4) is 5.75 Å². The van der Waals surface area contributed by atoms with E-state index in [1.54, 1.807) is 6.07 Å². The van der Waals surface area contributed by atoms with Crippen LogP contribution in [0.1, 0.15) is 21.9 Å². The third kappa shape index (κ3) is 3.46. The van der Waals surface area contributed by atoms with Crippen LogP contribution in [-0.2, 0) is 6.42 Å². The number of nitrogens with one attached hydrogen (secondary N) is 1. The van der Waals surface area contributed by atoms with Gasteiger partial charge in [0.25, 0.3) is 0 Å².